The minimum atomic E-state index is 0.887. The number of rotatable bonds is 21. The van der Waals surface area contributed by atoms with E-state index in [1.54, 1.807) is 14.2 Å². The smallest absolute Gasteiger partial charge is 0.128 e. The summed E-state index contributed by atoms with van der Waals surface area (Å²) in [7, 11) is 3.60. The fraction of sp³-hybridized carbons (Fsp3) is 0.478. The van der Waals surface area contributed by atoms with Crippen LogP contribution in [-0.2, 0) is 13.1 Å². The first-order valence-corrected chi connectivity index (χ1v) is 19.9. The first kappa shape index (κ1) is 35.9. The minimum absolute atomic E-state index is 0.887. The van der Waals surface area contributed by atoms with E-state index in [1.807, 2.05) is 0 Å². The van der Waals surface area contributed by atoms with Crippen LogP contribution in [0.2, 0.25) is 0 Å². The highest BCUT2D eigenvalue weighted by Crippen LogP contribution is 2.45. The molecule has 4 nitrogen and oxygen atoms in total. The molecule has 0 radical (unpaired) electrons. The minimum Gasteiger partial charge on any atom is -0.496 e. The van der Waals surface area contributed by atoms with E-state index < -0.39 is 0 Å². The molecule has 0 unspecified atom stereocenters. The zero-order valence-corrected chi connectivity index (χ0v) is 31.4. The number of hydrogen-bond acceptors (Lipinski definition) is 2. The molecule has 0 bridgehead atoms. The second kappa shape index (κ2) is 17.8. The first-order chi connectivity index (χ1) is 24.7. The molecule has 2 heterocycles. The molecule has 0 saturated heterocycles. The van der Waals surface area contributed by atoms with E-state index in [0.717, 1.165) is 35.7 Å². The molecule has 0 aliphatic carbocycles. The van der Waals surface area contributed by atoms with Gasteiger partial charge in [-0.3, -0.25) is 0 Å². The van der Waals surface area contributed by atoms with Crippen molar-refractivity contribution in [2.45, 2.75) is 130 Å². The Morgan fingerprint density at radius 2 is 0.760 bits per heavy atom. The molecule has 6 rings (SSSR count). The monoisotopic (exact) mass is 672 g/mol. The van der Waals surface area contributed by atoms with E-state index in [-0.39, 0.29) is 0 Å². The molecule has 0 fully saturated rings. The molecule has 4 aromatic carbocycles. The van der Waals surface area contributed by atoms with Crippen molar-refractivity contribution < 1.29 is 9.47 Å². The largest absolute Gasteiger partial charge is 0.496 e. The predicted molar refractivity (Wildman–Crippen MR) is 216 cm³/mol. The average molecular weight is 673 g/mol. The Kier molecular flexibility index (Phi) is 12.8. The fourth-order valence-electron chi connectivity index (χ4n) is 8.20. The Morgan fingerprint density at radius 3 is 1.14 bits per heavy atom. The van der Waals surface area contributed by atoms with E-state index in [2.05, 4.69) is 95.8 Å². The van der Waals surface area contributed by atoms with Crippen LogP contribution >= 0.6 is 0 Å². The van der Waals surface area contributed by atoms with E-state index >= 15 is 0 Å². The molecule has 2 aromatic heterocycles. The summed E-state index contributed by atoms with van der Waals surface area (Å²) in [4.78, 5) is 0. The zero-order valence-electron chi connectivity index (χ0n) is 31.4. The summed E-state index contributed by atoms with van der Waals surface area (Å²) in [6.45, 7) is 6.62. The van der Waals surface area contributed by atoms with Crippen molar-refractivity contribution in [2.75, 3.05) is 14.2 Å². The third-order valence-corrected chi connectivity index (χ3v) is 10.9. The number of aryl methyl sites for hydroxylation is 2. The normalized spacial score (nSPS) is 11.8. The lowest BCUT2D eigenvalue weighted by Gasteiger charge is -2.15. The molecule has 0 aliphatic rings. The maximum absolute atomic E-state index is 6.19. The Labute approximate surface area is 300 Å². The van der Waals surface area contributed by atoms with Crippen molar-refractivity contribution in [2.24, 2.45) is 0 Å². The van der Waals surface area contributed by atoms with Gasteiger partial charge in [-0.05, 0) is 37.1 Å². The maximum atomic E-state index is 6.19. The molecule has 4 heteroatoms. The average Bonchev–Trinajstić information content (AvgIpc) is 3.63. The summed E-state index contributed by atoms with van der Waals surface area (Å²) in [6.07, 6.45) is 21.2. The number of fused-ring (bicyclic) bond motifs is 6. The second-order valence-electron chi connectivity index (χ2n) is 14.4. The van der Waals surface area contributed by atoms with E-state index in [4.69, 9.17) is 9.47 Å². The van der Waals surface area contributed by atoms with Gasteiger partial charge >= 0.3 is 0 Å². The van der Waals surface area contributed by atoms with Gasteiger partial charge in [-0.1, -0.05) is 140 Å². The van der Waals surface area contributed by atoms with Gasteiger partial charge < -0.3 is 18.6 Å². The van der Waals surface area contributed by atoms with Gasteiger partial charge in [-0.2, -0.15) is 0 Å². The van der Waals surface area contributed by atoms with Gasteiger partial charge in [-0.15, -0.1) is 0 Å². The summed E-state index contributed by atoms with van der Waals surface area (Å²) in [6, 6.07) is 27.0. The zero-order chi connectivity index (χ0) is 34.7. The Balaban J connectivity index is 1.32. The van der Waals surface area contributed by atoms with Crippen LogP contribution in [0.1, 0.15) is 117 Å². The van der Waals surface area contributed by atoms with Crippen molar-refractivity contribution in [3.05, 3.63) is 72.8 Å². The molecule has 0 aliphatic heterocycles. The van der Waals surface area contributed by atoms with E-state index in [9.17, 15) is 0 Å². The van der Waals surface area contributed by atoms with Crippen LogP contribution in [0.3, 0.4) is 0 Å². The van der Waals surface area contributed by atoms with Crippen molar-refractivity contribution in [1.29, 1.82) is 0 Å². The van der Waals surface area contributed by atoms with Gasteiger partial charge in [0.15, 0.2) is 0 Å². The van der Waals surface area contributed by atoms with Crippen LogP contribution in [0.25, 0.3) is 54.7 Å². The lowest BCUT2D eigenvalue weighted by atomic mass is 9.98. The number of para-hydroxylation sites is 2. The van der Waals surface area contributed by atoms with Crippen molar-refractivity contribution >= 4 is 43.6 Å². The summed E-state index contributed by atoms with van der Waals surface area (Å²) in [5, 5.41) is 5.14. The Hall–Kier alpha value is -3.92. The Morgan fingerprint density at radius 1 is 0.400 bits per heavy atom. The van der Waals surface area contributed by atoms with Crippen LogP contribution in [0.15, 0.2) is 72.8 Å². The van der Waals surface area contributed by atoms with E-state index in [1.165, 1.54) is 146 Å². The summed E-state index contributed by atoms with van der Waals surface area (Å²) < 4.78 is 17.4. The molecule has 0 spiro atoms. The second-order valence-corrected chi connectivity index (χ2v) is 14.4. The maximum Gasteiger partial charge on any atom is 0.128 e. The topological polar surface area (TPSA) is 28.3 Å². The SMILES string of the molecule is CCCCCCCCCCn1c2ccccc2c2cc(-c3cc4c5ccccc5n(CCCCCCCCCC)c4cc3OC)c(OC)cc21. The summed E-state index contributed by atoms with van der Waals surface area (Å²) >= 11 is 0. The number of methoxy groups -OCH3 is 2. The van der Waals surface area contributed by atoms with Crippen LogP contribution in [0, 0.1) is 0 Å². The standard InChI is InChI=1S/C46H60N2O2/c1-5-7-9-11-13-15-17-23-29-47-41-27-21-19-25-35(41)37-31-39(45(49-3)33-43(37)47)40-32-38-36-26-20-22-28-42(36)48(44(38)34-46(40)50-4)30-24-18-16-14-12-10-8-6-2/h19-22,25-28,31-34H,5-18,23-24,29-30H2,1-4H3. The number of hydrogen-bond donors (Lipinski definition) is 0. The van der Waals surface area contributed by atoms with Gasteiger partial charge in [-0.25, -0.2) is 0 Å². The quantitative estimate of drug-likeness (QED) is 0.0712. The molecule has 0 saturated carbocycles. The molecule has 0 atom stereocenters. The molecule has 266 valence electrons. The highest BCUT2D eigenvalue weighted by Gasteiger charge is 2.21. The third kappa shape index (κ3) is 7.85. The lowest BCUT2D eigenvalue weighted by Crippen LogP contribution is -1.99. The van der Waals surface area contributed by atoms with E-state index in [0.29, 0.717) is 0 Å². The fourth-order valence-corrected chi connectivity index (χ4v) is 8.20. The number of nitrogens with zero attached hydrogens (tertiary/aromatic N) is 2. The van der Waals surface area contributed by atoms with Crippen molar-refractivity contribution in [1.82, 2.24) is 9.13 Å². The van der Waals surface area contributed by atoms with Crippen LogP contribution in [0.4, 0.5) is 0 Å². The summed E-state index contributed by atoms with van der Waals surface area (Å²) in [5.74, 6) is 1.77. The third-order valence-electron chi connectivity index (χ3n) is 10.9. The van der Waals surface area contributed by atoms with Crippen LogP contribution in [-0.4, -0.2) is 23.4 Å². The predicted octanol–water partition coefficient (Wildman–Crippen LogP) is 13.9. The summed E-state index contributed by atoms with van der Waals surface area (Å²) in [5.41, 5.74) is 7.25. The number of unbranched alkanes of at least 4 members (excludes halogenated alkanes) is 14. The van der Waals surface area contributed by atoms with Crippen molar-refractivity contribution in [3.63, 3.8) is 0 Å². The number of aromatic nitrogens is 2. The Bertz CT molecular complexity index is 1840. The van der Waals surface area contributed by atoms with Gasteiger partial charge in [0.25, 0.3) is 0 Å². The first-order valence-electron chi connectivity index (χ1n) is 19.9. The van der Waals surface area contributed by atoms with Crippen LogP contribution < -0.4 is 9.47 Å². The van der Waals surface area contributed by atoms with Gasteiger partial charge in [0.05, 0.1) is 25.3 Å². The molecule has 0 N–H and O–H groups in total. The number of ether oxygens (including phenoxy) is 2. The molecular formula is C46H60N2O2. The van der Waals surface area contributed by atoms with Gasteiger partial charge in [0.1, 0.15) is 11.5 Å². The lowest BCUT2D eigenvalue weighted by molar-refractivity contribution is 0.410. The molecule has 6 aromatic rings. The molecule has 50 heavy (non-hydrogen) atoms. The van der Waals surface area contributed by atoms with Gasteiger partial charge in [0.2, 0.25) is 0 Å². The number of benzene rings is 4. The van der Waals surface area contributed by atoms with Crippen molar-refractivity contribution in [3.8, 4) is 22.6 Å². The van der Waals surface area contributed by atoms with Gasteiger partial charge in [0, 0.05) is 68.9 Å². The molecular weight excluding hydrogens is 613 g/mol. The highest BCUT2D eigenvalue weighted by atomic mass is 16.5. The van der Waals surface area contributed by atoms with Crippen LogP contribution in [0.5, 0.6) is 11.5 Å². The molecule has 0 amide bonds. The highest BCUT2D eigenvalue weighted by molar-refractivity contribution is 6.13.